The molecule has 0 saturated carbocycles. The van der Waals surface area contributed by atoms with Gasteiger partial charge >= 0.3 is 0 Å². The van der Waals surface area contributed by atoms with E-state index in [1.165, 1.54) is 18.2 Å². The van der Waals surface area contributed by atoms with E-state index >= 15 is 0 Å². The van der Waals surface area contributed by atoms with Gasteiger partial charge < -0.3 is 10.4 Å². The maximum absolute atomic E-state index is 13.1. The van der Waals surface area contributed by atoms with Crippen molar-refractivity contribution in [2.75, 3.05) is 5.32 Å². The quantitative estimate of drug-likeness (QED) is 0.895. The highest BCUT2D eigenvalue weighted by Crippen LogP contribution is 2.27. The average Bonchev–Trinajstić information content (AvgIpc) is 2.82. The van der Waals surface area contributed by atoms with Crippen molar-refractivity contribution in [3.63, 3.8) is 0 Å². The summed E-state index contributed by atoms with van der Waals surface area (Å²) in [5.41, 5.74) is 2.83. The van der Waals surface area contributed by atoms with Crippen molar-refractivity contribution in [2.45, 2.75) is 18.9 Å². The van der Waals surface area contributed by atoms with Gasteiger partial charge in [-0.1, -0.05) is 23.7 Å². The molecule has 0 saturated heterocycles. The fourth-order valence-electron chi connectivity index (χ4n) is 2.61. The number of anilines is 1. The summed E-state index contributed by atoms with van der Waals surface area (Å²) >= 11 is 5.70. The Morgan fingerprint density at radius 2 is 2.10 bits per heavy atom. The van der Waals surface area contributed by atoms with Gasteiger partial charge in [0.1, 0.15) is 5.82 Å². The van der Waals surface area contributed by atoms with E-state index in [1.807, 2.05) is 6.07 Å². The maximum atomic E-state index is 13.1. The van der Waals surface area contributed by atoms with Crippen LogP contribution in [-0.4, -0.2) is 17.1 Å². The number of fused-ring (bicyclic) bond motifs is 1. The lowest BCUT2D eigenvalue weighted by molar-refractivity contribution is 0.102. The van der Waals surface area contributed by atoms with Gasteiger partial charge in [0.15, 0.2) is 0 Å². The highest BCUT2D eigenvalue weighted by Gasteiger charge is 2.24. The Labute approximate surface area is 126 Å². The number of amides is 1. The van der Waals surface area contributed by atoms with Crippen LogP contribution in [0.5, 0.6) is 0 Å². The number of carbonyl (C=O) groups is 1. The van der Waals surface area contributed by atoms with Crippen LogP contribution in [-0.2, 0) is 12.8 Å². The van der Waals surface area contributed by atoms with Crippen molar-refractivity contribution in [3.05, 3.63) is 63.9 Å². The Bertz CT molecular complexity index is 717. The van der Waals surface area contributed by atoms with E-state index in [9.17, 15) is 14.3 Å². The highest BCUT2D eigenvalue weighted by molar-refractivity contribution is 6.31. The molecular formula is C16H13ClFNO2. The Hall–Kier alpha value is -1.91. The Morgan fingerprint density at radius 1 is 1.29 bits per heavy atom. The van der Waals surface area contributed by atoms with Crippen LogP contribution >= 0.6 is 11.6 Å². The minimum atomic E-state index is -0.529. The van der Waals surface area contributed by atoms with Crippen LogP contribution < -0.4 is 5.32 Å². The van der Waals surface area contributed by atoms with Crippen LogP contribution in [0, 0.1) is 5.82 Å². The zero-order valence-corrected chi connectivity index (χ0v) is 11.8. The summed E-state index contributed by atoms with van der Waals surface area (Å²) in [4.78, 5) is 12.3. The van der Waals surface area contributed by atoms with E-state index < -0.39 is 11.9 Å². The summed E-state index contributed by atoms with van der Waals surface area (Å²) in [6, 6.07) is 9.46. The number of carbonyl (C=O) groups excluding carboxylic acids is 1. The molecule has 0 aromatic heterocycles. The molecule has 2 N–H and O–H groups in total. The van der Waals surface area contributed by atoms with Gasteiger partial charge in [-0.3, -0.25) is 4.79 Å². The molecule has 2 aromatic carbocycles. The average molecular weight is 306 g/mol. The smallest absolute Gasteiger partial charge is 0.255 e. The highest BCUT2D eigenvalue weighted by atomic mass is 35.5. The molecule has 1 unspecified atom stereocenters. The van der Waals surface area contributed by atoms with Crippen LogP contribution in [0.15, 0.2) is 36.4 Å². The van der Waals surface area contributed by atoms with Gasteiger partial charge in [-0.15, -0.1) is 0 Å². The maximum Gasteiger partial charge on any atom is 0.255 e. The van der Waals surface area contributed by atoms with Gasteiger partial charge in [0.25, 0.3) is 5.91 Å². The largest absolute Gasteiger partial charge is 0.392 e. The van der Waals surface area contributed by atoms with Crippen LogP contribution in [0.3, 0.4) is 0 Å². The summed E-state index contributed by atoms with van der Waals surface area (Å²) in [5, 5.41) is 12.4. The molecule has 0 spiro atoms. The first kappa shape index (κ1) is 14.0. The lowest BCUT2D eigenvalue weighted by atomic mass is 10.0. The van der Waals surface area contributed by atoms with Crippen molar-refractivity contribution in [1.82, 2.24) is 0 Å². The second-order valence-electron chi connectivity index (χ2n) is 5.09. The van der Waals surface area contributed by atoms with Gasteiger partial charge in [0, 0.05) is 11.3 Å². The summed E-state index contributed by atoms with van der Waals surface area (Å²) in [7, 11) is 0. The minimum Gasteiger partial charge on any atom is -0.392 e. The fourth-order valence-corrected chi connectivity index (χ4v) is 2.79. The second kappa shape index (κ2) is 5.47. The first-order chi connectivity index (χ1) is 10.0. The fraction of sp³-hybridized carbons (Fsp3) is 0.188. The van der Waals surface area contributed by atoms with E-state index in [1.54, 1.807) is 12.1 Å². The molecule has 0 bridgehead atoms. The molecule has 108 valence electrons. The van der Waals surface area contributed by atoms with Gasteiger partial charge in [0.2, 0.25) is 0 Å². The van der Waals surface area contributed by atoms with Crippen LogP contribution in [0.25, 0.3) is 0 Å². The van der Waals surface area contributed by atoms with Crippen molar-refractivity contribution >= 4 is 23.2 Å². The predicted molar refractivity (Wildman–Crippen MR) is 79.2 cm³/mol. The van der Waals surface area contributed by atoms with Crippen molar-refractivity contribution in [1.29, 1.82) is 0 Å². The van der Waals surface area contributed by atoms with E-state index in [2.05, 4.69) is 5.32 Å². The first-order valence-electron chi connectivity index (χ1n) is 6.60. The van der Waals surface area contributed by atoms with E-state index in [0.29, 0.717) is 24.1 Å². The molecular weight excluding hydrogens is 293 g/mol. The van der Waals surface area contributed by atoms with Crippen LogP contribution in [0.4, 0.5) is 10.1 Å². The third-order valence-corrected chi connectivity index (χ3v) is 3.88. The molecule has 2 aromatic rings. The third kappa shape index (κ3) is 2.77. The molecule has 0 fully saturated rings. The molecule has 0 heterocycles. The summed E-state index contributed by atoms with van der Waals surface area (Å²) in [6.07, 6.45) is 0.608. The Balaban J connectivity index is 1.87. The molecule has 3 nitrogen and oxygen atoms in total. The molecule has 3 rings (SSSR count). The number of rotatable bonds is 2. The number of aliphatic hydroxyl groups is 1. The molecule has 1 aliphatic rings. The zero-order chi connectivity index (χ0) is 15.0. The lowest BCUT2D eigenvalue weighted by Crippen LogP contribution is -2.14. The number of hydrogen-bond acceptors (Lipinski definition) is 2. The summed E-state index contributed by atoms with van der Waals surface area (Å²) in [6.45, 7) is 0. The Morgan fingerprint density at radius 3 is 2.86 bits per heavy atom. The summed E-state index contributed by atoms with van der Waals surface area (Å²) < 4.78 is 13.1. The van der Waals surface area contributed by atoms with Gasteiger partial charge in [0.05, 0.1) is 11.1 Å². The molecule has 21 heavy (non-hydrogen) atoms. The first-order valence-corrected chi connectivity index (χ1v) is 6.97. The lowest BCUT2D eigenvalue weighted by Gasteiger charge is -2.10. The van der Waals surface area contributed by atoms with E-state index in [4.69, 9.17) is 11.6 Å². The monoisotopic (exact) mass is 305 g/mol. The minimum absolute atomic E-state index is 0.0403. The molecule has 0 aliphatic heterocycles. The third-order valence-electron chi connectivity index (χ3n) is 3.59. The zero-order valence-electron chi connectivity index (χ0n) is 11.1. The number of halogens is 2. The van der Waals surface area contributed by atoms with Crippen LogP contribution in [0.2, 0.25) is 5.02 Å². The second-order valence-corrected chi connectivity index (χ2v) is 5.50. The van der Waals surface area contributed by atoms with Crippen molar-refractivity contribution < 1.29 is 14.3 Å². The standard InChI is InChI=1S/C16H13ClFNO2/c17-14-7-10(4-5-15(14)18)19-16(21)12-3-1-2-9-6-11(20)8-13(9)12/h1-5,7,11,20H,6,8H2,(H,19,21). The van der Waals surface area contributed by atoms with Gasteiger partial charge in [-0.25, -0.2) is 4.39 Å². The molecule has 1 amide bonds. The summed E-state index contributed by atoms with van der Waals surface area (Å²) in [5.74, 6) is -0.818. The predicted octanol–water partition coefficient (Wildman–Crippen LogP) is 3.19. The van der Waals surface area contributed by atoms with Gasteiger partial charge in [-0.2, -0.15) is 0 Å². The van der Waals surface area contributed by atoms with Crippen molar-refractivity contribution in [3.8, 4) is 0 Å². The SMILES string of the molecule is O=C(Nc1ccc(F)c(Cl)c1)c1cccc2c1CC(O)C2. The molecule has 1 aliphatic carbocycles. The molecule has 0 radical (unpaired) electrons. The topological polar surface area (TPSA) is 49.3 Å². The van der Waals surface area contributed by atoms with E-state index in [0.717, 1.165) is 11.1 Å². The number of hydrogen-bond donors (Lipinski definition) is 2. The number of benzene rings is 2. The number of aliphatic hydroxyl groups excluding tert-OH is 1. The van der Waals surface area contributed by atoms with Crippen molar-refractivity contribution in [2.24, 2.45) is 0 Å². The van der Waals surface area contributed by atoms with Crippen LogP contribution in [0.1, 0.15) is 21.5 Å². The molecule has 5 heteroatoms. The van der Waals surface area contributed by atoms with Gasteiger partial charge in [-0.05, 0) is 48.2 Å². The van der Waals surface area contributed by atoms with E-state index in [-0.39, 0.29) is 10.9 Å². The number of nitrogens with one attached hydrogen (secondary N) is 1. The normalized spacial score (nSPS) is 16.6. The Kier molecular flexibility index (Phi) is 3.66. The molecule has 1 atom stereocenters.